The summed E-state index contributed by atoms with van der Waals surface area (Å²) in [7, 11) is 0. The van der Waals surface area contributed by atoms with E-state index in [0.717, 1.165) is 13.0 Å². The molecule has 0 aromatic heterocycles. The Morgan fingerprint density at radius 2 is 0.364 bits per heavy atom. The van der Waals surface area contributed by atoms with Crippen LogP contribution in [0, 0.1) is 0 Å². The molecular formula is C42H85ClO12. The third-order valence-corrected chi connectivity index (χ3v) is 8.61. The van der Waals surface area contributed by atoms with E-state index in [1.54, 1.807) is 0 Å². The fraction of sp³-hybridized carbons (Fsp3) is 1.00. The quantitative estimate of drug-likeness (QED) is 0.0444. The van der Waals surface area contributed by atoms with Crippen LogP contribution in [0.5, 0.6) is 0 Å². The van der Waals surface area contributed by atoms with Crippen molar-refractivity contribution in [2.75, 3.05) is 164 Å². The Bertz CT molecular complexity index is 604. The molecule has 0 aliphatic heterocycles. The van der Waals surface area contributed by atoms with Crippen LogP contribution in [0.1, 0.15) is 110 Å². The van der Waals surface area contributed by atoms with E-state index in [4.69, 9.17) is 68.4 Å². The maximum absolute atomic E-state index is 5.70. The molecule has 0 heterocycles. The first-order chi connectivity index (χ1) is 27.4. The monoisotopic (exact) mass is 817 g/mol. The van der Waals surface area contributed by atoms with Gasteiger partial charge in [-0.05, 0) is 6.42 Å². The van der Waals surface area contributed by atoms with Gasteiger partial charge in [0.15, 0.2) is 0 Å². The summed E-state index contributed by atoms with van der Waals surface area (Å²) < 4.78 is 65.9. The molecule has 0 aromatic carbocycles. The molecule has 0 atom stereocenters. The number of unbranched alkanes of at least 4 members (excludes halogenated alkanes) is 15. The van der Waals surface area contributed by atoms with Crippen molar-refractivity contribution in [2.45, 2.75) is 110 Å². The van der Waals surface area contributed by atoms with Gasteiger partial charge in [-0.2, -0.15) is 0 Å². The van der Waals surface area contributed by atoms with Gasteiger partial charge in [-0.15, -0.1) is 11.6 Å². The average Bonchev–Trinajstić information content (AvgIpc) is 3.20. The third kappa shape index (κ3) is 53.8. The average molecular weight is 818 g/mol. The second kappa shape index (κ2) is 53.8. The first-order valence-electron chi connectivity index (χ1n) is 21.9. The molecule has 0 aromatic rings. The van der Waals surface area contributed by atoms with E-state index in [1.807, 2.05) is 0 Å². The summed E-state index contributed by atoms with van der Waals surface area (Å²) >= 11 is 5.52. The molecule has 0 saturated carbocycles. The fourth-order valence-corrected chi connectivity index (χ4v) is 5.44. The Balaban J connectivity index is 3.05. The van der Waals surface area contributed by atoms with E-state index in [2.05, 4.69) is 6.92 Å². The van der Waals surface area contributed by atoms with E-state index < -0.39 is 0 Å². The summed E-state index contributed by atoms with van der Waals surface area (Å²) in [6.07, 6.45) is 22.2. The summed E-state index contributed by atoms with van der Waals surface area (Å²) in [5, 5.41) is 0. The number of hydrogen-bond donors (Lipinski definition) is 0. The molecule has 0 rings (SSSR count). The van der Waals surface area contributed by atoms with E-state index in [1.165, 1.54) is 96.3 Å². The van der Waals surface area contributed by atoms with Crippen molar-refractivity contribution in [1.82, 2.24) is 0 Å². The topological polar surface area (TPSA) is 111 Å². The van der Waals surface area contributed by atoms with Crippen LogP contribution in [0.4, 0.5) is 0 Å². The van der Waals surface area contributed by atoms with E-state index >= 15 is 0 Å². The molecule has 0 spiro atoms. The molecule has 13 heteroatoms. The lowest BCUT2D eigenvalue weighted by atomic mass is 10.0. The van der Waals surface area contributed by atoms with Gasteiger partial charge in [0.05, 0.1) is 152 Å². The summed E-state index contributed by atoms with van der Waals surface area (Å²) in [6, 6.07) is 0. The number of rotatable bonds is 52. The Kier molecular flexibility index (Phi) is 53.6. The van der Waals surface area contributed by atoms with Gasteiger partial charge in [0, 0.05) is 12.5 Å². The fourth-order valence-electron chi connectivity index (χ4n) is 5.33. The molecular weight excluding hydrogens is 732 g/mol. The molecule has 12 nitrogen and oxygen atoms in total. The zero-order valence-electron chi connectivity index (χ0n) is 35.3. The smallest absolute Gasteiger partial charge is 0.0701 e. The van der Waals surface area contributed by atoms with Gasteiger partial charge in [0.1, 0.15) is 0 Å². The lowest BCUT2D eigenvalue weighted by molar-refractivity contribution is -0.0282. The second-order valence-electron chi connectivity index (χ2n) is 13.3. The number of alkyl halides is 1. The highest BCUT2D eigenvalue weighted by Gasteiger charge is 1.98. The predicted octanol–water partition coefficient (Wildman–Crippen LogP) is 7.69. The van der Waals surface area contributed by atoms with Crippen molar-refractivity contribution in [3.8, 4) is 0 Å². The van der Waals surface area contributed by atoms with Crippen LogP contribution in [0.15, 0.2) is 0 Å². The first kappa shape index (κ1) is 54.8. The molecule has 0 amide bonds. The Labute approximate surface area is 341 Å². The zero-order valence-corrected chi connectivity index (χ0v) is 36.0. The molecule has 0 bridgehead atoms. The normalized spacial score (nSPS) is 11.7. The third-order valence-electron chi connectivity index (χ3n) is 8.46. The van der Waals surface area contributed by atoms with Gasteiger partial charge in [-0.1, -0.05) is 103 Å². The zero-order chi connectivity index (χ0) is 39.5. The van der Waals surface area contributed by atoms with Gasteiger partial charge >= 0.3 is 0 Å². The van der Waals surface area contributed by atoms with Crippen molar-refractivity contribution in [2.24, 2.45) is 0 Å². The standard InChI is InChI=1S/C42H85ClO12/c1-2-3-4-5-6-7-8-9-10-11-12-13-14-15-16-17-19-44-21-23-46-25-27-48-29-31-50-33-35-52-37-39-54-41-42-55-40-38-53-36-34-51-32-30-49-28-26-47-24-22-45-20-18-43/h2-42H2,1H3. The van der Waals surface area contributed by atoms with Crippen LogP contribution in [0.3, 0.4) is 0 Å². The number of ether oxygens (including phenoxy) is 12. The molecule has 0 unspecified atom stereocenters. The van der Waals surface area contributed by atoms with E-state index in [9.17, 15) is 0 Å². The lowest BCUT2D eigenvalue weighted by Crippen LogP contribution is -2.15. The predicted molar refractivity (Wildman–Crippen MR) is 220 cm³/mol. The van der Waals surface area contributed by atoms with Gasteiger partial charge in [-0.25, -0.2) is 0 Å². The highest BCUT2D eigenvalue weighted by molar-refractivity contribution is 6.17. The molecule has 332 valence electrons. The van der Waals surface area contributed by atoms with E-state index in [-0.39, 0.29) is 0 Å². The molecule has 55 heavy (non-hydrogen) atoms. The van der Waals surface area contributed by atoms with Crippen molar-refractivity contribution < 1.29 is 56.8 Å². The molecule has 0 aliphatic rings. The van der Waals surface area contributed by atoms with Gasteiger partial charge in [-0.3, -0.25) is 0 Å². The Hall–Kier alpha value is -0.190. The van der Waals surface area contributed by atoms with Gasteiger partial charge in [0.2, 0.25) is 0 Å². The highest BCUT2D eigenvalue weighted by atomic mass is 35.5. The molecule has 0 N–H and O–H groups in total. The van der Waals surface area contributed by atoms with Crippen molar-refractivity contribution in [3.63, 3.8) is 0 Å². The van der Waals surface area contributed by atoms with Crippen molar-refractivity contribution in [3.05, 3.63) is 0 Å². The highest BCUT2D eigenvalue weighted by Crippen LogP contribution is 2.13. The summed E-state index contributed by atoms with van der Waals surface area (Å²) in [5.74, 6) is 0.499. The molecule has 0 saturated heterocycles. The van der Waals surface area contributed by atoms with Crippen LogP contribution in [-0.4, -0.2) is 164 Å². The lowest BCUT2D eigenvalue weighted by Gasteiger charge is -2.09. The summed E-state index contributed by atoms with van der Waals surface area (Å²) in [5.41, 5.74) is 0. The Morgan fingerprint density at radius 1 is 0.200 bits per heavy atom. The second-order valence-corrected chi connectivity index (χ2v) is 13.7. The maximum Gasteiger partial charge on any atom is 0.0701 e. The summed E-state index contributed by atoms with van der Waals surface area (Å²) in [6.45, 7) is 15.5. The minimum absolute atomic E-state index is 0.499. The van der Waals surface area contributed by atoms with Crippen LogP contribution >= 0.6 is 11.6 Å². The molecule has 0 radical (unpaired) electrons. The SMILES string of the molecule is CCCCCCCCCCCCCCCCCCOCCOCCOCCOCCOCCOCCOCCOCCOCCOCCOCCOCCCl. The molecule has 0 fully saturated rings. The van der Waals surface area contributed by atoms with Crippen LogP contribution in [0.2, 0.25) is 0 Å². The summed E-state index contributed by atoms with van der Waals surface area (Å²) in [4.78, 5) is 0. The minimum Gasteiger partial charge on any atom is -0.379 e. The van der Waals surface area contributed by atoms with Crippen LogP contribution in [-0.2, 0) is 56.8 Å². The first-order valence-corrected chi connectivity index (χ1v) is 22.4. The minimum atomic E-state index is 0.499. The Morgan fingerprint density at radius 3 is 0.564 bits per heavy atom. The van der Waals surface area contributed by atoms with Crippen LogP contribution in [0.25, 0.3) is 0 Å². The van der Waals surface area contributed by atoms with Gasteiger partial charge in [0.25, 0.3) is 0 Å². The maximum atomic E-state index is 5.70. The number of halogens is 1. The van der Waals surface area contributed by atoms with Crippen molar-refractivity contribution in [1.29, 1.82) is 0 Å². The van der Waals surface area contributed by atoms with Gasteiger partial charge < -0.3 is 56.8 Å². The van der Waals surface area contributed by atoms with E-state index in [0.29, 0.717) is 158 Å². The van der Waals surface area contributed by atoms with Crippen molar-refractivity contribution >= 4 is 11.6 Å². The van der Waals surface area contributed by atoms with Crippen LogP contribution < -0.4 is 0 Å². The number of hydrogen-bond acceptors (Lipinski definition) is 12. The molecule has 0 aliphatic carbocycles. The largest absolute Gasteiger partial charge is 0.379 e.